The summed E-state index contributed by atoms with van der Waals surface area (Å²) in [6.07, 6.45) is 1.63. The Balaban J connectivity index is 1.65. The first-order chi connectivity index (χ1) is 10.6. The van der Waals surface area contributed by atoms with Crippen LogP contribution in [-0.4, -0.2) is 27.7 Å². The van der Waals surface area contributed by atoms with E-state index in [1.165, 1.54) is 0 Å². The van der Waals surface area contributed by atoms with Crippen molar-refractivity contribution in [3.8, 4) is 5.75 Å². The summed E-state index contributed by atoms with van der Waals surface area (Å²) in [5.74, 6) is 0.511. The first kappa shape index (κ1) is 14.6. The smallest absolute Gasteiger partial charge is 0.263 e. The molecule has 0 atom stereocenters. The van der Waals surface area contributed by atoms with E-state index in [0.717, 1.165) is 5.39 Å². The number of rotatable bonds is 4. The quantitative estimate of drug-likeness (QED) is 0.766. The number of pyridine rings is 1. The Morgan fingerprint density at radius 3 is 3.00 bits per heavy atom. The van der Waals surface area contributed by atoms with E-state index in [1.807, 2.05) is 0 Å². The summed E-state index contributed by atoms with van der Waals surface area (Å²) >= 11 is 11.8. The maximum absolute atomic E-state index is 11.9. The Labute approximate surface area is 135 Å². The van der Waals surface area contributed by atoms with Crippen molar-refractivity contribution in [3.05, 3.63) is 46.6 Å². The van der Waals surface area contributed by atoms with Crippen molar-refractivity contribution in [2.24, 2.45) is 0 Å². The van der Waals surface area contributed by atoms with E-state index in [1.54, 1.807) is 36.5 Å². The molecule has 0 spiro atoms. The minimum Gasteiger partial charge on any atom is -0.482 e. The molecule has 0 aliphatic rings. The number of aromatic nitrogens is 3. The van der Waals surface area contributed by atoms with Crippen molar-refractivity contribution in [2.45, 2.75) is 0 Å². The second-order valence-electron chi connectivity index (χ2n) is 4.38. The van der Waals surface area contributed by atoms with Crippen LogP contribution in [0, 0.1) is 0 Å². The third kappa shape index (κ3) is 3.13. The van der Waals surface area contributed by atoms with Crippen LogP contribution in [-0.2, 0) is 4.79 Å². The standard InChI is InChI=1S/C14H10Cl2N4O2/c15-8-3-4-11(10(16)6-8)22-7-12(21)18-14-9-2-1-5-17-13(9)19-20-14/h1-6H,7H2,(H2,17,18,19,20,21). The molecule has 112 valence electrons. The average molecular weight is 337 g/mol. The van der Waals surface area contributed by atoms with Gasteiger partial charge in [-0.3, -0.25) is 9.89 Å². The molecule has 1 aromatic carbocycles. The number of hydrogen-bond acceptors (Lipinski definition) is 4. The van der Waals surface area contributed by atoms with Gasteiger partial charge in [-0.1, -0.05) is 23.2 Å². The lowest BCUT2D eigenvalue weighted by molar-refractivity contribution is -0.118. The minimum atomic E-state index is -0.347. The van der Waals surface area contributed by atoms with Crippen molar-refractivity contribution in [1.82, 2.24) is 15.2 Å². The van der Waals surface area contributed by atoms with E-state index in [2.05, 4.69) is 20.5 Å². The van der Waals surface area contributed by atoms with E-state index in [4.69, 9.17) is 27.9 Å². The summed E-state index contributed by atoms with van der Waals surface area (Å²) < 4.78 is 5.36. The Hall–Kier alpha value is -2.31. The van der Waals surface area contributed by atoms with Crippen molar-refractivity contribution >= 4 is 46.0 Å². The highest BCUT2D eigenvalue weighted by atomic mass is 35.5. The number of anilines is 1. The Morgan fingerprint density at radius 1 is 1.32 bits per heavy atom. The topological polar surface area (TPSA) is 79.9 Å². The number of fused-ring (bicyclic) bond motifs is 1. The van der Waals surface area contributed by atoms with Crippen LogP contribution in [0.4, 0.5) is 5.82 Å². The molecule has 6 nitrogen and oxygen atoms in total. The van der Waals surface area contributed by atoms with E-state index >= 15 is 0 Å². The number of halogens is 2. The Bertz CT molecular complexity index is 835. The highest BCUT2D eigenvalue weighted by Gasteiger charge is 2.11. The first-order valence-corrected chi connectivity index (χ1v) is 7.06. The molecule has 0 bridgehead atoms. The molecule has 0 fully saturated rings. The van der Waals surface area contributed by atoms with E-state index in [-0.39, 0.29) is 12.5 Å². The molecular weight excluding hydrogens is 327 g/mol. The van der Waals surface area contributed by atoms with Gasteiger partial charge in [0.25, 0.3) is 5.91 Å². The number of carbonyl (C=O) groups excluding carboxylic acids is 1. The average Bonchev–Trinajstić information content (AvgIpc) is 2.90. The van der Waals surface area contributed by atoms with Crippen LogP contribution in [0.25, 0.3) is 11.0 Å². The van der Waals surface area contributed by atoms with Crippen LogP contribution in [0.2, 0.25) is 10.0 Å². The number of nitrogens with zero attached hydrogens (tertiary/aromatic N) is 2. The molecule has 0 aliphatic carbocycles. The summed E-state index contributed by atoms with van der Waals surface area (Å²) in [5, 5.41) is 10.9. The van der Waals surface area contributed by atoms with E-state index in [0.29, 0.717) is 27.3 Å². The van der Waals surface area contributed by atoms with E-state index in [9.17, 15) is 4.79 Å². The van der Waals surface area contributed by atoms with Gasteiger partial charge in [0.1, 0.15) is 11.6 Å². The molecule has 2 aromatic heterocycles. The van der Waals surface area contributed by atoms with Crippen LogP contribution in [0.3, 0.4) is 0 Å². The third-order valence-electron chi connectivity index (χ3n) is 2.85. The van der Waals surface area contributed by atoms with Crippen molar-refractivity contribution < 1.29 is 9.53 Å². The monoisotopic (exact) mass is 336 g/mol. The molecular formula is C14H10Cl2N4O2. The van der Waals surface area contributed by atoms with Gasteiger partial charge in [0.15, 0.2) is 12.3 Å². The Kier molecular flexibility index (Phi) is 4.13. The number of H-pyrrole nitrogens is 1. The fraction of sp³-hybridized carbons (Fsp3) is 0.0714. The summed E-state index contributed by atoms with van der Waals surface area (Å²) in [7, 11) is 0. The van der Waals surface area contributed by atoms with E-state index < -0.39 is 0 Å². The number of aromatic amines is 1. The number of benzene rings is 1. The molecule has 0 saturated heterocycles. The number of amides is 1. The largest absolute Gasteiger partial charge is 0.482 e. The molecule has 0 aliphatic heterocycles. The second kappa shape index (κ2) is 6.21. The van der Waals surface area contributed by atoms with Crippen LogP contribution in [0.15, 0.2) is 36.5 Å². The SMILES string of the molecule is O=C(COc1ccc(Cl)cc1Cl)Nc1[nH]nc2ncccc12. The lowest BCUT2D eigenvalue weighted by Crippen LogP contribution is -2.20. The number of hydrogen-bond donors (Lipinski definition) is 2. The van der Waals surface area contributed by atoms with Gasteiger partial charge in [-0.2, -0.15) is 5.10 Å². The minimum absolute atomic E-state index is 0.192. The summed E-state index contributed by atoms with van der Waals surface area (Å²) in [4.78, 5) is 16.0. The molecule has 3 aromatic rings. The van der Waals surface area contributed by atoms with Gasteiger partial charge in [0, 0.05) is 11.2 Å². The second-order valence-corrected chi connectivity index (χ2v) is 5.23. The maximum atomic E-state index is 11.9. The molecule has 0 unspecified atom stereocenters. The van der Waals surface area contributed by atoms with Crippen LogP contribution in [0.5, 0.6) is 5.75 Å². The fourth-order valence-corrected chi connectivity index (χ4v) is 2.32. The Morgan fingerprint density at radius 2 is 2.18 bits per heavy atom. The fourth-order valence-electron chi connectivity index (χ4n) is 1.86. The van der Waals surface area contributed by atoms with Crippen molar-refractivity contribution in [3.63, 3.8) is 0 Å². The van der Waals surface area contributed by atoms with Gasteiger partial charge in [0.05, 0.1) is 10.4 Å². The summed E-state index contributed by atoms with van der Waals surface area (Å²) in [5.41, 5.74) is 0.527. The predicted molar refractivity (Wildman–Crippen MR) is 84.5 cm³/mol. The highest BCUT2D eigenvalue weighted by Crippen LogP contribution is 2.27. The zero-order valence-corrected chi connectivity index (χ0v) is 12.6. The lowest BCUT2D eigenvalue weighted by atomic mass is 10.3. The zero-order chi connectivity index (χ0) is 15.5. The predicted octanol–water partition coefficient (Wildman–Crippen LogP) is 3.28. The number of ether oxygens (including phenoxy) is 1. The zero-order valence-electron chi connectivity index (χ0n) is 11.1. The lowest BCUT2D eigenvalue weighted by Gasteiger charge is -2.08. The van der Waals surface area contributed by atoms with Crippen LogP contribution in [0.1, 0.15) is 0 Å². The normalized spacial score (nSPS) is 10.6. The first-order valence-electron chi connectivity index (χ1n) is 6.30. The van der Waals surface area contributed by atoms with Crippen molar-refractivity contribution in [2.75, 3.05) is 11.9 Å². The molecule has 0 saturated carbocycles. The van der Waals surface area contributed by atoms with Gasteiger partial charge >= 0.3 is 0 Å². The molecule has 2 heterocycles. The van der Waals surface area contributed by atoms with Gasteiger partial charge in [-0.25, -0.2) is 4.98 Å². The van der Waals surface area contributed by atoms with Crippen molar-refractivity contribution in [1.29, 1.82) is 0 Å². The molecule has 0 radical (unpaired) electrons. The van der Waals surface area contributed by atoms with Gasteiger partial charge < -0.3 is 10.1 Å². The summed E-state index contributed by atoms with van der Waals surface area (Å²) in [6, 6.07) is 8.35. The highest BCUT2D eigenvalue weighted by molar-refractivity contribution is 6.35. The molecule has 1 amide bonds. The molecule has 8 heteroatoms. The van der Waals surface area contributed by atoms with Gasteiger partial charge in [-0.15, -0.1) is 0 Å². The maximum Gasteiger partial charge on any atom is 0.263 e. The third-order valence-corrected chi connectivity index (χ3v) is 3.38. The van der Waals surface area contributed by atoms with Gasteiger partial charge in [0.2, 0.25) is 0 Å². The summed E-state index contributed by atoms with van der Waals surface area (Å²) in [6.45, 7) is -0.192. The van der Waals surface area contributed by atoms with Gasteiger partial charge in [-0.05, 0) is 30.3 Å². The van der Waals surface area contributed by atoms with Crippen LogP contribution >= 0.6 is 23.2 Å². The molecule has 2 N–H and O–H groups in total. The molecule has 22 heavy (non-hydrogen) atoms. The number of nitrogens with one attached hydrogen (secondary N) is 2. The number of carbonyl (C=O) groups is 1. The van der Waals surface area contributed by atoms with Crippen LogP contribution < -0.4 is 10.1 Å². The molecule has 3 rings (SSSR count).